The Morgan fingerprint density at radius 1 is 1.30 bits per heavy atom. The normalized spacial score (nSPS) is 13.0. The van der Waals surface area contributed by atoms with Crippen LogP contribution in [0.1, 0.15) is 24.2 Å². The average Bonchev–Trinajstić information content (AvgIpc) is 2.54. The summed E-state index contributed by atoms with van der Waals surface area (Å²) in [4.78, 5) is 10.2. The first-order valence-electron chi connectivity index (χ1n) is 6.81. The molecule has 6 nitrogen and oxygen atoms in total. The van der Waals surface area contributed by atoms with E-state index in [2.05, 4.69) is 5.32 Å². The Bertz CT molecular complexity index is 756. The van der Waals surface area contributed by atoms with Crippen LogP contribution < -0.4 is 5.32 Å². The molecule has 0 amide bonds. The van der Waals surface area contributed by atoms with Gasteiger partial charge in [-0.1, -0.05) is 12.1 Å². The van der Waals surface area contributed by atoms with Crippen LogP contribution >= 0.6 is 0 Å². The van der Waals surface area contributed by atoms with E-state index in [1.165, 1.54) is 42.5 Å². The fourth-order valence-corrected chi connectivity index (χ4v) is 2.17. The van der Waals surface area contributed by atoms with E-state index in [0.29, 0.717) is 11.3 Å². The minimum Gasteiger partial charge on any atom is -0.386 e. The van der Waals surface area contributed by atoms with Crippen LogP contribution in [-0.4, -0.2) is 16.1 Å². The zero-order valence-corrected chi connectivity index (χ0v) is 12.2. The van der Waals surface area contributed by atoms with Crippen molar-refractivity contribution in [3.05, 3.63) is 69.5 Å². The first kappa shape index (κ1) is 16.4. The molecule has 0 saturated heterocycles. The minimum atomic E-state index is -0.906. The molecule has 7 heteroatoms. The maximum absolute atomic E-state index is 12.9. The smallest absolute Gasteiger partial charge is 0.287 e. The third-order valence-electron chi connectivity index (χ3n) is 3.39. The van der Waals surface area contributed by atoms with Gasteiger partial charge in [0.2, 0.25) is 0 Å². The quantitative estimate of drug-likeness (QED) is 0.652. The van der Waals surface area contributed by atoms with Gasteiger partial charge in [-0.3, -0.25) is 10.1 Å². The summed E-state index contributed by atoms with van der Waals surface area (Å²) < 4.78 is 12.9. The number of nitro groups is 1. The summed E-state index contributed by atoms with van der Waals surface area (Å²) in [5, 5.41) is 33.0. The number of halogens is 1. The summed E-state index contributed by atoms with van der Waals surface area (Å²) in [6, 6.07) is 10.8. The molecule has 0 fully saturated rings. The van der Waals surface area contributed by atoms with Crippen molar-refractivity contribution in [2.75, 3.05) is 5.32 Å². The van der Waals surface area contributed by atoms with E-state index in [1.807, 2.05) is 0 Å². The van der Waals surface area contributed by atoms with E-state index in [4.69, 9.17) is 5.26 Å². The van der Waals surface area contributed by atoms with Crippen molar-refractivity contribution < 1.29 is 14.4 Å². The average molecular weight is 315 g/mol. The predicted octanol–water partition coefficient (Wildman–Crippen LogP) is 3.14. The molecule has 0 aliphatic heterocycles. The summed E-state index contributed by atoms with van der Waals surface area (Å²) in [5.41, 5.74) is 0.669. The summed E-state index contributed by atoms with van der Waals surface area (Å²) in [6.07, 6.45) is -0.906. The first-order valence-corrected chi connectivity index (χ1v) is 6.81. The number of nitrogens with zero attached hydrogens (tertiary/aromatic N) is 2. The fourth-order valence-electron chi connectivity index (χ4n) is 2.17. The van der Waals surface area contributed by atoms with Crippen molar-refractivity contribution in [1.82, 2.24) is 0 Å². The van der Waals surface area contributed by atoms with Gasteiger partial charge in [0.15, 0.2) is 0 Å². The Morgan fingerprint density at radius 2 is 1.96 bits per heavy atom. The number of benzene rings is 2. The zero-order chi connectivity index (χ0) is 17.0. The lowest BCUT2D eigenvalue weighted by Crippen LogP contribution is -2.24. The van der Waals surface area contributed by atoms with Crippen LogP contribution in [0.2, 0.25) is 0 Å². The maximum Gasteiger partial charge on any atom is 0.287 e. The Balaban J connectivity index is 2.16. The van der Waals surface area contributed by atoms with Crippen molar-refractivity contribution in [2.45, 2.75) is 19.1 Å². The molecular weight excluding hydrogens is 301 g/mol. The van der Waals surface area contributed by atoms with Crippen LogP contribution in [0.5, 0.6) is 0 Å². The molecule has 23 heavy (non-hydrogen) atoms. The van der Waals surface area contributed by atoms with E-state index in [9.17, 15) is 19.6 Å². The number of aliphatic hydroxyl groups excluding tert-OH is 1. The number of rotatable bonds is 5. The highest BCUT2D eigenvalue weighted by atomic mass is 19.1. The molecule has 2 atom stereocenters. The lowest BCUT2D eigenvalue weighted by molar-refractivity contribution is -0.385. The zero-order valence-electron chi connectivity index (χ0n) is 12.2. The topological polar surface area (TPSA) is 99.2 Å². The van der Waals surface area contributed by atoms with Crippen LogP contribution in [0.4, 0.5) is 15.8 Å². The van der Waals surface area contributed by atoms with Crippen molar-refractivity contribution in [1.29, 1.82) is 5.26 Å². The Kier molecular flexibility index (Phi) is 4.88. The van der Waals surface area contributed by atoms with Gasteiger partial charge in [-0.25, -0.2) is 4.39 Å². The standard InChI is InChI=1S/C16H14FN3O3/c1-10(16(21)11-2-4-13(17)5-3-11)19-14-6-7-15(20(22)23)12(8-14)9-18/h2-8,10,16,19,21H,1H3/t10-,16-/m0/s1. The molecule has 0 bridgehead atoms. The fraction of sp³-hybridized carbons (Fsp3) is 0.188. The van der Waals surface area contributed by atoms with Gasteiger partial charge in [-0.15, -0.1) is 0 Å². The first-order chi connectivity index (χ1) is 10.9. The SMILES string of the molecule is C[C@H](Nc1ccc([N+](=O)[O-])c(C#N)c1)[C@H](O)c1ccc(F)cc1. The van der Waals surface area contributed by atoms with Gasteiger partial charge in [0.25, 0.3) is 5.69 Å². The number of hydrogen-bond acceptors (Lipinski definition) is 5. The molecule has 0 aromatic heterocycles. The maximum atomic E-state index is 12.9. The summed E-state index contributed by atoms with van der Waals surface area (Å²) in [6.45, 7) is 1.71. The molecule has 0 spiro atoms. The molecule has 0 saturated carbocycles. The molecule has 2 aromatic rings. The third kappa shape index (κ3) is 3.81. The molecule has 2 rings (SSSR count). The number of nitrogens with one attached hydrogen (secondary N) is 1. The van der Waals surface area contributed by atoms with Crippen LogP contribution in [0.25, 0.3) is 0 Å². The van der Waals surface area contributed by atoms with Crippen molar-refractivity contribution in [3.63, 3.8) is 0 Å². The van der Waals surface area contributed by atoms with Crippen LogP contribution in [0.15, 0.2) is 42.5 Å². The number of hydrogen-bond donors (Lipinski definition) is 2. The molecule has 2 aromatic carbocycles. The lowest BCUT2D eigenvalue weighted by atomic mass is 10.0. The monoisotopic (exact) mass is 315 g/mol. The van der Waals surface area contributed by atoms with E-state index in [0.717, 1.165) is 0 Å². The highest BCUT2D eigenvalue weighted by Gasteiger charge is 2.18. The van der Waals surface area contributed by atoms with Gasteiger partial charge >= 0.3 is 0 Å². The number of nitriles is 1. The van der Waals surface area contributed by atoms with E-state index < -0.39 is 22.9 Å². The molecule has 2 N–H and O–H groups in total. The number of aliphatic hydroxyl groups is 1. The molecular formula is C16H14FN3O3. The highest BCUT2D eigenvalue weighted by Crippen LogP contribution is 2.25. The van der Waals surface area contributed by atoms with Gasteiger partial charge in [0.1, 0.15) is 17.4 Å². The van der Waals surface area contributed by atoms with Gasteiger partial charge in [-0.2, -0.15) is 5.26 Å². The Labute approximate surface area is 132 Å². The van der Waals surface area contributed by atoms with Gasteiger partial charge in [0, 0.05) is 11.8 Å². The lowest BCUT2D eigenvalue weighted by Gasteiger charge is -2.21. The van der Waals surface area contributed by atoms with E-state index in [-0.39, 0.29) is 11.3 Å². The second kappa shape index (κ2) is 6.85. The molecule has 0 radical (unpaired) electrons. The van der Waals surface area contributed by atoms with Crippen molar-refractivity contribution in [3.8, 4) is 6.07 Å². The molecule has 0 aliphatic carbocycles. The van der Waals surface area contributed by atoms with Gasteiger partial charge in [-0.05, 0) is 36.8 Å². The van der Waals surface area contributed by atoms with Crippen LogP contribution in [0.3, 0.4) is 0 Å². The molecule has 0 unspecified atom stereocenters. The Hall–Kier alpha value is -2.98. The summed E-state index contributed by atoms with van der Waals surface area (Å²) in [5.74, 6) is -0.393. The largest absolute Gasteiger partial charge is 0.386 e. The van der Waals surface area contributed by atoms with Gasteiger partial charge in [0.05, 0.1) is 17.1 Å². The predicted molar refractivity (Wildman–Crippen MR) is 82.3 cm³/mol. The van der Waals surface area contributed by atoms with E-state index in [1.54, 1.807) is 13.0 Å². The van der Waals surface area contributed by atoms with Crippen LogP contribution in [0, 0.1) is 27.3 Å². The third-order valence-corrected chi connectivity index (χ3v) is 3.39. The Morgan fingerprint density at radius 3 is 2.52 bits per heavy atom. The van der Waals surface area contributed by atoms with E-state index >= 15 is 0 Å². The minimum absolute atomic E-state index is 0.0662. The van der Waals surface area contributed by atoms with Crippen molar-refractivity contribution in [2.24, 2.45) is 0 Å². The molecule has 118 valence electrons. The molecule has 0 aliphatic rings. The van der Waals surface area contributed by atoms with Crippen molar-refractivity contribution >= 4 is 11.4 Å². The molecule has 0 heterocycles. The second-order valence-electron chi connectivity index (χ2n) is 5.03. The van der Waals surface area contributed by atoms with Gasteiger partial charge < -0.3 is 10.4 Å². The van der Waals surface area contributed by atoms with Crippen LogP contribution in [-0.2, 0) is 0 Å². The highest BCUT2D eigenvalue weighted by molar-refractivity contribution is 5.59. The second-order valence-corrected chi connectivity index (χ2v) is 5.03. The number of anilines is 1. The summed E-state index contributed by atoms with van der Waals surface area (Å²) >= 11 is 0. The summed E-state index contributed by atoms with van der Waals surface area (Å²) in [7, 11) is 0. The number of nitro benzene ring substituents is 1.